The van der Waals surface area contributed by atoms with Crippen molar-refractivity contribution >= 4 is 44.4 Å². The van der Waals surface area contributed by atoms with Gasteiger partial charge in [0.1, 0.15) is 0 Å². The monoisotopic (exact) mass is 317 g/mol. The number of hydrogen-bond acceptors (Lipinski definition) is 7. The zero-order chi connectivity index (χ0) is 13.9. The molecule has 0 fully saturated rings. The molecule has 0 aliphatic carbocycles. The first-order valence-corrected chi connectivity index (χ1v) is 7.88. The van der Waals surface area contributed by atoms with Crippen LogP contribution in [0.1, 0.15) is 0 Å². The van der Waals surface area contributed by atoms with Crippen molar-refractivity contribution in [2.75, 3.05) is 17.3 Å². The molecule has 1 aromatic carbocycles. The van der Waals surface area contributed by atoms with Crippen LogP contribution in [0.25, 0.3) is 0 Å². The quantitative estimate of drug-likeness (QED) is 0.489. The van der Waals surface area contributed by atoms with Gasteiger partial charge in [0.05, 0.1) is 11.6 Å². The molecule has 0 amide bonds. The third-order valence-electron chi connectivity index (χ3n) is 2.15. The van der Waals surface area contributed by atoms with Crippen LogP contribution >= 0.6 is 23.6 Å². The van der Waals surface area contributed by atoms with Crippen molar-refractivity contribution in [2.24, 2.45) is 5.14 Å². The molecular formula is C9H11N5O2S3. The summed E-state index contributed by atoms with van der Waals surface area (Å²) in [6, 6.07) is 6.15. The maximum Gasteiger partial charge on any atom is 0.238 e. The van der Waals surface area contributed by atoms with Gasteiger partial charge in [0.25, 0.3) is 0 Å². The molecule has 1 heterocycles. The first kappa shape index (κ1) is 13.9. The van der Waals surface area contributed by atoms with E-state index in [1.165, 1.54) is 23.5 Å². The van der Waals surface area contributed by atoms with E-state index in [-0.39, 0.29) is 4.90 Å². The molecule has 0 aliphatic rings. The predicted molar refractivity (Wildman–Crippen MR) is 77.2 cm³/mol. The molecule has 0 saturated heterocycles. The Morgan fingerprint density at radius 1 is 1.32 bits per heavy atom. The predicted octanol–water partition coefficient (Wildman–Crippen LogP) is 1.33. The van der Waals surface area contributed by atoms with Crippen molar-refractivity contribution in [1.82, 2.24) is 10.2 Å². The minimum absolute atomic E-state index is 0.0799. The first-order valence-electron chi connectivity index (χ1n) is 5.11. The van der Waals surface area contributed by atoms with Crippen LogP contribution in [0.3, 0.4) is 0 Å². The first-order chi connectivity index (χ1) is 8.95. The van der Waals surface area contributed by atoms with Gasteiger partial charge in [0.2, 0.25) is 15.2 Å². The minimum atomic E-state index is -3.65. The second-order valence-electron chi connectivity index (χ2n) is 3.52. The lowest BCUT2D eigenvalue weighted by molar-refractivity contribution is 0.598. The van der Waals surface area contributed by atoms with Gasteiger partial charge in [-0.25, -0.2) is 13.6 Å². The van der Waals surface area contributed by atoms with Crippen LogP contribution < -0.4 is 15.8 Å². The Kier molecular flexibility index (Phi) is 4.14. The van der Waals surface area contributed by atoms with Gasteiger partial charge in [-0.15, -0.1) is 5.10 Å². The van der Waals surface area contributed by atoms with Crippen molar-refractivity contribution in [2.45, 2.75) is 4.90 Å². The molecule has 0 spiro atoms. The van der Waals surface area contributed by atoms with E-state index >= 15 is 0 Å². The van der Waals surface area contributed by atoms with Gasteiger partial charge in [0.15, 0.2) is 3.95 Å². The molecule has 0 aliphatic heterocycles. The zero-order valence-electron chi connectivity index (χ0n) is 9.58. The van der Waals surface area contributed by atoms with Crippen LogP contribution in [0, 0.1) is 3.95 Å². The van der Waals surface area contributed by atoms with E-state index in [1.54, 1.807) is 12.1 Å². The van der Waals surface area contributed by atoms with E-state index in [1.807, 2.05) is 0 Å². The molecule has 10 heteroatoms. The largest absolute Gasteiger partial charge is 0.368 e. The lowest BCUT2D eigenvalue weighted by Crippen LogP contribution is -2.13. The molecule has 2 aromatic rings. The number of hydrogen-bond donors (Lipinski definition) is 4. The maximum absolute atomic E-state index is 11.1. The van der Waals surface area contributed by atoms with Crippen LogP contribution in [-0.2, 0) is 10.0 Å². The summed E-state index contributed by atoms with van der Waals surface area (Å²) in [7, 11) is -3.65. The number of primary sulfonamides is 1. The van der Waals surface area contributed by atoms with E-state index in [2.05, 4.69) is 20.8 Å². The molecule has 0 unspecified atom stereocenters. The molecule has 0 atom stereocenters. The highest BCUT2D eigenvalue weighted by Crippen LogP contribution is 2.13. The number of nitrogens with one attached hydrogen (secondary N) is 3. The number of nitrogens with zero attached hydrogens (tertiary/aromatic N) is 1. The Morgan fingerprint density at radius 2 is 2.00 bits per heavy atom. The summed E-state index contributed by atoms with van der Waals surface area (Å²) in [6.07, 6.45) is 0. The smallest absolute Gasteiger partial charge is 0.238 e. The molecular weight excluding hydrogens is 306 g/mol. The van der Waals surface area contributed by atoms with E-state index < -0.39 is 10.0 Å². The van der Waals surface area contributed by atoms with Gasteiger partial charge < -0.3 is 10.6 Å². The van der Waals surface area contributed by atoms with Gasteiger partial charge >= 0.3 is 0 Å². The topological polar surface area (TPSA) is 113 Å². The van der Waals surface area contributed by atoms with E-state index in [4.69, 9.17) is 17.4 Å². The summed E-state index contributed by atoms with van der Waals surface area (Å²) in [4.78, 5) is 0.0799. The molecule has 0 bridgehead atoms. The van der Waals surface area contributed by atoms with Crippen molar-refractivity contribution in [1.29, 1.82) is 0 Å². The van der Waals surface area contributed by atoms with Crippen LogP contribution in [0.5, 0.6) is 0 Å². The third-order valence-corrected chi connectivity index (χ3v) is 4.13. The third kappa shape index (κ3) is 3.99. The molecule has 102 valence electrons. The average Bonchev–Trinajstić information content (AvgIpc) is 2.75. The Labute approximate surface area is 118 Å². The fourth-order valence-electron chi connectivity index (χ4n) is 1.29. The van der Waals surface area contributed by atoms with Gasteiger partial charge in [0, 0.05) is 5.69 Å². The summed E-state index contributed by atoms with van der Waals surface area (Å²) in [5.41, 5.74) is 0.763. The number of aromatic nitrogens is 2. The normalized spacial score (nSPS) is 11.2. The van der Waals surface area contributed by atoms with E-state index in [0.717, 1.165) is 5.69 Å². The van der Waals surface area contributed by atoms with Crippen LogP contribution in [-0.4, -0.2) is 25.3 Å². The fourth-order valence-corrected chi connectivity index (χ4v) is 2.59. The summed E-state index contributed by atoms with van der Waals surface area (Å²) in [5.74, 6) is 0. The minimum Gasteiger partial charge on any atom is -0.368 e. The Morgan fingerprint density at radius 3 is 2.53 bits per heavy atom. The Balaban J connectivity index is 1.92. The van der Waals surface area contributed by atoms with E-state index in [9.17, 15) is 8.42 Å². The number of nitrogens with two attached hydrogens (primary N) is 1. The fraction of sp³-hybridized carbons (Fsp3) is 0.111. The van der Waals surface area contributed by atoms with Crippen molar-refractivity contribution < 1.29 is 8.42 Å². The van der Waals surface area contributed by atoms with Crippen molar-refractivity contribution in [3.8, 4) is 0 Å². The molecule has 0 saturated carbocycles. The van der Waals surface area contributed by atoms with Gasteiger partial charge in [-0.3, -0.25) is 5.10 Å². The van der Waals surface area contributed by atoms with Gasteiger partial charge in [-0.05, 0) is 36.5 Å². The number of aromatic amines is 1. The highest BCUT2D eigenvalue weighted by molar-refractivity contribution is 7.89. The lowest BCUT2D eigenvalue weighted by Gasteiger charge is -2.07. The van der Waals surface area contributed by atoms with Crippen molar-refractivity contribution in [3.63, 3.8) is 0 Å². The highest BCUT2D eigenvalue weighted by Gasteiger charge is 2.06. The second kappa shape index (κ2) is 5.65. The molecule has 19 heavy (non-hydrogen) atoms. The van der Waals surface area contributed by atoms with Gasteiger partial charge in [-0.2, -0.15) is 0 Å². The molecule has 5 N–H and O–H groups in total. The summed E-state index contributed by atoms with van der Waals surface area (Å²) < 4.78 is 22.7. The second-order valence-corrected chi connectivity index (χ2v) is 6.75. The summed E-state index contributed by atoms with van der Waals surface area (Å²) in [5, 5.41) is 18.3. The molecule has 7 nitrogen and oxygen atoms in total. The van der Waals surface area contributed by atoms with Crippen LogP contribution in [0.2, 0.25) is 0 Å². The molecule has 1 aromatic heterocycles. The molecule has 2 rings (SSSR count). The zero-order valence-corrected chi connectivity index (χ0v) is 12.0. The number of anilines is 2. The van der Waals surface area contributed by atoms with Gasteiger partial charge in [-0.1, -0.05) is 11.3 Å². The maximum atomic E-state index is 11.1. The lowest BCUT2D eigenvalue weighted by atomic mass is 10.3. The van der Waals surface area contributed by atoms with Crippen molar-refractivity contribution in [3.05, 3.63) is 28.2 Å². The average molecular weight is 317 g/mol. The molecule has 0 radical (unpaired) electrons. The number of benzene rings is 1. The number of sulfonamides is 1. The Bertz CT molecular complexity index is 704. The SMILES string of the molecule is NS(=O)(=O)c1ccc(NCNc2n[nH]c(=S)s2)cc1. The number of rotatable bonds is 5. The summed E-state index contributed by atoms with van der Waals surface area (Å²) in [6.45, 7) is 0.435. The Hall–Kier alpha value is -1.49. The highest BCUT2D eigenvalue weighted by atomic mass is 32.2. The van der Waals surface area contributed by atoms with E-state index in [0.29, 0.717) is 15.8 Å². The van der Waals surface area contributed by atoms with Crippen LogP contribution in [0.4, 0.5) is 10.8 Å². The number of H-pyrrole nitrogens is 1. The summed E-state index contributed by atoms with van der Waals surface area (Å²) >= 11 is 6.23. The standard InChI is InChI=1S/C9H11N5O2S3/c10-19(15,16)7-3-1-6(2-4-7)11-5-12-8-13-14-9(17)18-8/h1-4,11H,5H2,(H,12,13)(H,14,17)(H2,10,15,16). The van der Waals surface area contributed by atoms with Crippen LogP contribution in [0.15, 0.2) is 29.2 Å².